The number of pyridine rings is 1. The molecule has 0 aliphatic heterocycles. The summed E-state index contributed by atoms with van der Waals surface area (Å²) in [6, 6.07) is 3.14. The van der Waals surface area contributed by atoms with E-state index in [1.54, 1.807) is 30.6 Å². The second-order valence-electron chi connectivity index (χ2n) is 3.44. The molecule has 0 aliphatic rings. The van der Waals surface area contributed by atoms with E-state index < -0.39 is 6.01 Å². The monoisotopic (exact) mass is 244 g/mol. The molecule has 0 bridgehead atoms. The van der Waals surface area contributed by atoms with E-state index in [2.05, 4.69) is 26.5 Å². The molecule has 2 aromatic heterocycles. The van der Waals surface area contributed by atoms with Crippen molar-refractivity contribution in [3.63, 3.8) is 0 Å². The third kappa shape index (κ3) is 2.58. The standard InChI is InChI=1S/C11H12N6O/c1-2-6-17(12)10-14-9(15-11(18)16-10)8-4-3-5-13-7-8/h2-5,7H,1,6,12H2,(H,14,15,16,18). The number of nitrogens with zero attached hydrogens (tertiary/aromatic N) is 5. The lowest BCUT2D eigenvalue weighted by molar-refractivity contribution is 0.428. The molecule has 0 unspecified atom stereocenters. The Morgan fingerprint density at radius 3 is 2.89 bits per heavy atom. The molecule has 0 fully saturated rings. The van der Waals surface area contributed by atoms with Crippen LogP contribution in [-0.4, -0.2) is 31.6 Å². The highest BCUT2D eigenvalue weighted by Gasteiger charge is 2.10. The first kappa shape index (κ1) is 11.9. The second kappa shape index (κ2) is 5.19. The Morgan fingerprint density at radius 2 is 2.22 bits per heavy atom. The number of aromatic hydroxyl groups is 1. The van der Waals surface area contributed by atoms with Crippen LogP contribution in [0.2, 0.25) is 0 Å². The van der Waals surface area contributed by atoms with E-state index in [-0.39, 0.29) is 5.95 Å². The lowest BCUT2D eigenvalue weighted by Crippen LogP contribution is -2.32. The van der Waals surface area contributed by atoms with Gasteiger partial charge in [-0.2, -0.15) is 15.0 Å². The van der Waals surface area contributed by atoms with Gasteiger partial charge in [-0.05, 0) is 12.1 Å². The number of nitrogens with two attached hydrogens (primary N) is 1. The molecule has 2 heterocycles. The summed E-state index contributed by atoms with van der Waals surface area (Å²) in [5.41, 5.74) is 0.670. The van der Waals surface area contributed by atoms with E-state index in [0.29, 0.717) is 17.9 Å². The molecule has 2 rings (SSSR count). The third-order valence-electron chi connectivity index (χ3n) is 2.11. The molecule has 92 valence electrons. The van der Waals surface area contributed by atoms with Crippen LogP contribution in [0.1, 0.15) is 0 Å². The molecule has 0 saturated carbocycles. The van der Waals surface area contributed by atoms with Crippen molar-refractivity contribution < 1.29 is 5.11 Å². The quantitative estimate of drug-likeness (QED) is 0.459. The predicted molar refractivity (Wildman–Crippen MR) is 66.5 cm³/mol. The summed E-state index contributed by atoms with van der Waals surface area (Å²) in [6.07, 6.45) is 4.83. The highest BCUT2D eigenvalue weighted by molar-refractivity contribution is 5.54. The topological polar surface area (TPSA) is 101 Å². The summed E-state index contributed by atoms with van der Waals surface area (Å²) in [6.45, 7) is 3.92. The predicted octanol–water partition coefficient (Wildman–Crippen LogP) is 0.505. The normalized spacial score (nSPS) is 10.1. The van der Waals surface area contributed by atoms with Crippen LogP contribution >= 0.6 is 0 Å². The van der Waals surface area contributed by atoms with Crippen molar-refractivity contribution in [2.24, 2.45) is 5.84 Å². The molecular formula is C11H12N6O. The van der Waals surface area contributed by atoms with Crippen LogP contribution in [0.5, 0.6) is 6.01 Å². The van der Waals surface area contributed by atoms with E-state index in [4.69, 9.17) is 5.84 Å². The molecule has 0 aliphatic carbocycles. The lowest BCUT2D eigenvalue weighted by Gasteiger charge is -2.14. The first-order chi connectivity index (χ1) is 8.70. The fraction of sp³-hybridized carbons (Fsp3) is 0.0909. The van der Waals surface area contributed by atoms with Crippen LogP contribution in [0.25, 0.3) is 11.4 Å². The highest BCUT2D eigenvalue weighted by Crippen LogP contribution is 2.17. The summed E-state index contributed by atoms with van der Waals surface area (Å²) >= 11 is 0. The SMILES string of the molecule is C=CCN(N)c1nc(O)nc(-c2cccnc2)n1. The fourth-order valence-electron chi connectivity index (χ4n) is 1.33. The van der Waals surface area contributed by atoms with Gasteiger partial charge >= 0.3 is 6.01 Å². The van der Waals surface area contributed by atoms with Gasteiger partial charge in [-0.3, -0.25) is 9.99 Å². The smallest absolute Gasteiger partial charge is 0.319 e. The Labute approximate surface area is 104 Å². The maximum absolute atomic E-state index is 9.48. The van der Waals surface area contributed by atoms with E-state index >= 15 is 0 Å². The Balaban J connectivity index is 2.41. The van der Waals surface area contributed by atoms with Gasteiger partial charge in [0.2, 0.25) is 5.95 Å². The summed E-state index contributed by atoms with van der Waals surface area (Å²) in [7, 11) is 0. The minimum atomic E-state index is -0.390. The van der Waals surface area contributed by atoms with Gasteiger partial charge in [0, 0.05) is 18.0 Å². The number of hydrogen-bond acceptors (Lipinski definition) is 7. The van der Waals surface area contributed by atoms with E-state index in [1.807, 2.05) is 0 Å². The maximum atomic E-state index is 9.48. The molecular weight excluding hydrogens is 232 g/mol. The average molecular weight is 244 g/mol. The van der Waals surface area contributed by atoms with Gasteiger partial charge in [0.15, 0.2) is 5.82 Å². The molecule has 3 N–H and O–H groups in total. The van der Waals surface area contributed by atoms with Crippen molar-refractivity contribution in [2.75, 3.05) is 11.6 Å². The molecule has 0 saturated heterocycles. The highest BCUT2D eigenvalue weighted by atomic mass is 16.3. The number of hydrogen-bond donors (Lipinski definition) is 2. The van der Waals surface area contributed by atoms with E-state index in [0.717, 1.165) is 0 Å². The number of aromatic nitrogens is 4. The molecule has 0 atom stereocenters. The molecule has 7 nitrogen and oxygen atoms in total. The van der Waals surface area contributed by atoms with Crippen molar-refractivity contribution in [3.8, 4) is 17.4 Å². The first-order valence-electron chi connectivity index (χ1n) is 5.19. The van der Waals surface area contributed by atoms with Gasteiger partial charge in [-0.15, -0.1) is 6.58 Å². The van der Waals surface area contributed by atoms with Crippen molar-refractivity contribution >= 4 is 5.95 Å². The number of rotatable bonds is 4. The Morgan fingerprint density at radius 1 is 1.39 bits per heavy atom. The van der Waals surface area contributed by atoms with Gasteiger partial charge in [0.25, 0.3) is 0 Å². The fourth-order valence-corrected chi connectivity index (χ4v) is 1.33. The minimum Gasteiger partial charge on any atom is -0.479 e. The summed E-state index contributed by atoms with van der Waals surface area (Å²) in [5.74, 6) is 6.18. The number of hydrazine groups is 1. The lowest BCUT2D eigenvalue weighted by atomic mass is 10.3. The Bertz CT molecular complexity index is 544. The minimum absolute atomic E-state index is 0.168. The van der Waals surface area contributed by atoms with Crippen molar-refractivity contribution in [2.45, 2.75) is 0 Å². The maximum Gasteiger partial charge on any atom is 0.319 e. The largest absolute Gasteiger partial charge is 0.479 e. The van der Waals surface area contributed by atoms with E-state index in [9.17, 15) is 5.11 Å². The second-order valence-corrected chi connectivity index (χ2v) is 3.44. The van der Waals surface area contributed by atoms with Crippen LogP contribution in [0.3, 0.4) is 0 Å². The Hall–Kier alpha value is -2.54. The molecule has 0 radical (unpaired) electrons. The van der Waals surface area contributed by atoms with Crippen molar-refractivity contribution in [3.05, 3.63) is 37.2 Å². The van der Waals surface area contributed by atoms with Gasteiger partial charge in [-0.1, -0.05) is 6.08 Å². The molecule has 2 aromatic rings. The molecule has 18 heavy (non-hydrogen) atoms. The van der Waals surface area contributed by atoms with Crippen LogP contribution in [0.4, 0.5) is 5.95 Å². The Kier molecular flexibility index (Phi) is 3.44. The summed E-state index contributed by atoms with van der Waals surface area (Å²) in [5, 5.41) is 10.7. The molecule has 7 heteroatoms. The van der Waals surface area contributed by atoms with Crippen LogP contribution in [0.15, 0.2) is 37.2 Å². The molecule has 0 aromatic carbocycles. The van der Waals surface area contributed by atoms with Gasteiger partial charge in [0.1, 0.15) is 0 Å². The van der Waals surface area contributed by atoms with Crippen LogP contribution in [-0.2, 0) is 0 Å². The average Bonchev–Trinajstić information content (AvgIpc) is 2.39. The zero-order valence-corrected chi connectivity index (χ0v) is 9.56. The first-order valence-corrected chi connectivity index (χ1v) is 5.19. The summed E-state index contributed by atoms with van der Waals surface area (Å²) < 4.78 is 0. The third-order valence-corrected chi connectivity index (χ3v) is 2.11. The van der Waals surface area contributed by atoms with Crippen molar-refractivity contribution in [1.29, 1.82) is 0 Å². The zero-order valence-electron chi connectivity index (χ0n) is 9.56. The van der Waals surface area contributed by atoms with Gasteiger partial charge in [-0.25, -0.2) is 5.84 Å². The molecule has 0 amide bonds. The zero-order chi connectivity index (χ0) is 13.0. The van der Waals surface area contributed by atoms with E-state index in [1.165, 1.54) is 5.01 Å². The van der Waals surface area contributed by atoms with Crippen molar-refractivity contribution in [1.82, 2.24) is 19.9 Å². The van der Waals surface area contributed by atoms with Gasteiger partial charge in [0.05, 0.1) is 6.54 Å². The number of anilines is 1. The van der Waals surface area contributed by atoms with Gasteiger partial charge < -0.3 is 5.11 Å². The van der Waals surface area contributed by atoms with Crippen LogP contribution in [0, 0.1) is 0 Å². The molecule has 0 spiro atoms. The van der Waals surface area contributed by atoms with Crippen LogP contribution < -0.4 is 10.9 Å². The summed E-state index contributed by atoms with van der Waals surface area (Å²) in [4.78, 5) is 15.7.